The van der Waals surface area contributed by atoms with Crippen molar-refractivity contribution in [3.8, 4) is 11.1 Å². The molecule has 0 spiro atoms. The highest BCUT2D eigenvalue weighted by Crippen LogP contribution is 2.43. The quantitative estimate of drug-likeness (QED) is 0.0588. The molecule has 12 aromatic rings. The van der Waals surface area contributed by atoms with Crippen LogP contribution in [0.15, 0.2) is 267 Å². The average molecular weight is 845 g/mol. The first-order valence-corrected chi connectivity index (χ1v) is 26.3. The summed E-state index contributed by atoms with van der Waals surface area (Å²) >= 11 is 0. The minimum absolute atomic E-state index is 1.23. The lowest BCUT2D eigenvalue weighted by Gasteiger charge is -2.35. The lowest BCUT2D eigenvalue weighted by Crippen LogP contribution is -2.74. The van der Waals surface area contributed by atoms with Gasteiger partial charge >= 0.3 is 0 Å². The van der Waals surface area contributed by atoms with E-state index in [0.29, 0.717) is 0 Å². The van der Waals surface area contributed by atoms with E-state index in [2.05, 4.69) is 267 Å². The fourth-order valence-electron chi connectivity index (χ4n) is 11.3. The van der Waals surface area contributed by atoms with E-state index in [4.69, 9.17) is 0 Å². The summed E-state index contributed by atoms with van der Waals surface area (Å²) in [5, 5.41) is 21.6. The first kappa shape index (κ1) is 38.1. The molecule has 0 atom stereocenters. The summed E-state index contributed by atoms with van der Waals surface area (Å²) in [6.45, 7) is 0. The number of hydrogen-bond donors (Lipinski definition) is 0. The molecule has 0 N–H and O–H groups in total. The van der Waals surface area contributed by atoms with Crippen molar-refractivity contribution in [3.05, 3.63) is 267 Å². The second-order valence-electron chi connectivity index (χ2n) is 17.1. The molecule has 0 saturated carbocycles. The molecule has 0 aliphatic heterocycles. The van der Waals surface area contributed by atoms with E-state index < -0.39 is 16.1 Å². The van der Waals surface area contributed by atoms with Crippen LogP contribution in [-0.4, -0.2) is 16.1 Å². The molecular weight excluding hydrogens is 801 g/mol. The van der Waals surface area contributed by atoms with Crippen LogP contribution in [-0.2, 0) is 0 Å². The molecule has 12 rings (SSSR count). The number of rotatable bonds is 9. The van der Waals surface area contributed by atoms with Crippen molar-refractivity contribution in [2.75, 3.05) is 0 Å². The van der Waals surface area contributed by atoms with Crippen molar-refractivity contribution >= 4 is 101 Å². The summed E-state index contributed by atoms with van der Waals surface area (Å²) in [6.07, 6.45) is 0. The molecule has 0 heterocycles. The minimum atomic E-state index is -2.79. The third kappa shape index (κ3) is 5.73. The van der Waals surface area contributed by atoms with Crippen molar-refractivity contribution in [1.29, 1.82) is 0 Å². The maximum Gasteiger partial charge on any atom is 0.180 e. The largest absolute Gasteiger partial charge is 0.180 e. The van der Waals surface area contributed by atoms with Crippen molar-refractivity contribution in [2.24, 2.45) is 0 Å². The van der Waals surface area contributed by atoms with Gasteiger partial charge in [-0.05, 0) is 95.7 Å². The van der Waals surface area contributed by atoms with Gasteiger partial charge in [-0.25, -0.2) is 0 Å². The van der Waals surface area contributed by atoms with Gasteiger partial charge in [-0.3, -0.25) is 0 Å². The van der Waals surface area contributed by atoms with Crippen molar-refractivity contribution in [2.45, 2.75) is 0 Å². The first-order valence-electron chi connectivity index (χ1n) is 22.3. The summed E-state index contributed by atoms with van der Waals surface area (Å²) in [6, 6.07) is 101. The maximum absolute atomic E-state index is 2.79. The van der Waals surface area contributed by atoms with Crippen LogP contribution < -0.4 is 41.5 Å². The van der Waals surface area contributed by atoms with Gasteiger partial charge in [-0.15, -0.1) is 0 Å². The zero-order chi connectivity index (χ0) is 42.5. The van der Waals surface area contributed by atoms with Gasteiger partial charge in [-0.2, -0.15) is 0 Å². The van der Waals surface area contributed by atoms with Crippen LogP contribution in [0.3, 0.4) is 0 Å². The van der Waals surface area contributed by atoms with E-state index >= 15 is 0 Å². The van der Waals surface area contributed by atoms with Crippen LogP contribution in [0.5, 0.6) is 0 Å². The monoisotopic (exact) mass is 844 g/mol. The lowest BCUT2D eigenvalue weighted by molar-refractivity contribution is 1.65. The van der Waals surface area contributed by atoms with E-state index in [-0.39, 0.29) is 0 Å². The van der Waals surface area contributed by atoms with E-state index in [1.54, 1.807) is 0 Å². The summed E-state index contributed by atoms with van der Waals surface area (Å²) in [4.78, 5) is 0. The molecule has 300 valence electrons. The number of fused-ring (bicyclic) bond motifs is 2. The fraction of sp³-hybridized carbons (Fsp3) is 0. The van der Waals surface area contributed by atoms with Gasteiger partial charge in [0.25, 0.3) is 0 Å². The summed E-state index contributed by atoms with van der Waals surface area (Å²) < 4.78 is 0. The third-order valence-electron chi connectivity index (χ3n) is 13.9. The van der Waals surface area contributed by atoms with Crippen molar-refractivity contribution in [3.63, 3.8) is 0 Å². The van der Waals surface area contributed by atoms with Crippen molar-refractivity contribution in [1.82, 2.24) is 0 Å². The Hall–Kier alpha value is -7.63. The van der Waals surface area contributed by atoms with E-state index in [1.165, 1.54) is 95.7 Å². The van der Waals surface area contributed by atoms with Crippen LogP contribution in [0.4, 0.5) is 0 Å². The highest BCUT2D eigenvalue weighted by atomic mass is 28.3. The Balaban J connectivity index is 1.07. The molecule has 0 unspecified atom stereocenters. The predicted octanol–water partition coefficient (Wildman–Crippen LogP) is 10.2. The molecule has 0 aliphatic carbocycles. The van der Waals surface area contributed by atoms with E-state index in [1.807, 2.05) is 0 Å². The number of hydrogen-bond acceptors (Lipinski definition) is 0. The van der Waals surface area contributed by atoms with Gasteiger partial charge in [0.1, 0.15) is 0 Å². The van der Waals surface area contributed by atoms with Gasteiger partial charge < -0.3 is 0 Å². The standard InChI is InChI=1S/C62H44Si2/c1-7-21-46(22-8-1)63(47-23-9-2-10-24-47,48-25-11-3-12-26-48)52-39-37-45(38-40-52)53-41-42-57-56-35-20-36-59-60(44-43-58(62(56)59)55-34-19-33-54(53)61(55)57)64(49-27-13-4-14-28-49,50-29-15-5-16-30-50)51-31-17-6-18-32-51/h1-44H. The SMILES string of the molecule is c1ccc([Si](c2ccccc2)(c2ccccc2)c2ccc(-c3ccc4c5cccc6c([Si](c7ccccc7)(c7ccccc7)c7ccccc7)ccc(c7cccc3c47)c65)cc2)cc1. The van der Waals surface area contributed by atoms with E-state index in [0.717, 1.165) is 0 Å². The summed E-state index contributed by atoms with van der Waals surface area (Å²) in [5.41, 5.74) is 2.49. The third-order valence-corrected chi connectivity index (χ3v) is 23.6. The molecule has 0 radical (unpaired) electrons. The smallest absolute Gasteiger partial charge is 0.0623 e. The second-order valence-corrected chi connectivity index (χ2v) is 24.6. The summed E-state index contributed by atoms with van der Waals surface area (Å²) in [5.74, 6) is 0. The minimum Gasteiger partial charge on any atom is -0.0623 e. The van der Waals surface area contributed by atoms with Crippen LogP contribution in [0.25, 0.3) is 54.2 Å². The van der Waals surface area contributed by atoms with Gasteiger partial charge in [0.15, 0.2) is 16.1 Å². The summed E-state index contributed by atoms with van der Waals surface area (Å²) in [7, 11) is -5.43. The Bertz CT molecular complexity index is 3340. The van der Waals surface area contributed by atoms with Crippen LogP contribution in [0.1, 0.15) is 0 Å². The van der Waals surface area contributed by atoms with Gasteiger partial charge in [0.2, 0.25) is 0 Å². The Kier molecular flexibility index (Phi) is 9.29. The molecule has 12 aromatic carbocycles. The normalized spacial score (nSPS) is 12.1. The zero-order valence-electron chi connectivity index (χ0n) is 35.4. The second kappa shape index (κ2) is 15.6. The predicted molar refractivity (Wildman–Crippen MR) is 280 cm³/mol. The molecule has 0 aliphatic rings. The number of benzene rings is 12. The van der Waals surface area contributed by atoms with Crippen LogP contribution in [0, 0.1) is 0 Å². The van der Waals surface area contributed by atoms with Gasteiger partial charge in [0.05, 0.1) is 0 Å². The molecule has 0 nitrogen and oxygen atoms in total. The molecule has 0 saturated heterocycles. The van der Waals surface area contributed by atoms with Crippen molar-refractivity contribution < 1.29 is 0 Å². The van der Waals surface area contributed by atoms with Crippen LogP contribution >= 0.6 is 0 Å². The molecule has 0 fully saturated rings. The molecule has 0 bridgehead atoms. The zero-order valence-corrected chi connectivity index (χ0v) is 37.4. The molecule has 2 heteroatoms. The molecular formula is C62H44Si2. The Morgan fingerprint density at radius 1 is 0.188 bits per heavy atom. The highest BCUT2D eigenvalue weighted by molar-refractivity contribution is 7.21. The van der Waals surface area contributed by atoms with Gasteiger partial charge in [0, 0.05) is 0 Å². The molecule has 64 heavy (non-hydrogen) atoms. The topological polar surface area (TPSA) is 0 Å². The Morgan fingerprint density at radius 2 is 0.500 bits per heavy atom. The van der Waals surface area contributed by atoms with Crippen LogP contribution in [0.2, 0.25) is 0 Å². The fourth-order valence-corrected chi connectivity index (χ4v) is 21.0. The van der Waals surface area contributed by atoms with Gasteiger partial charge in [-0.1, -0.05) is 267 Å². The Labute approximate surface area is 376 Å². The highest BCUT2D eigenvalue weighted by Gasteiger charge is 2.43. The average Bonchev–Trinajstić information content (AvgIpc) is 3.38. The Morgan fingerprint density at radius 3 is 0.922 bits per heavy atom. The first-order chi connectivity index (χ1) is 31.8. The molecule has 0 aromatic heterocycles. The van der Waals surface area contributed by atoms with E-state index in [9.17, 15) is 0 Å². The molecule has 0 amide bonds. The lowest BCUT2D eigenvalue weighted by atomic mass is 9.87. The maximum atomic E-state index is 2.48.